The van der Waals surface area contributed by atoms with E-state index in [1.165, 1.54) is 23.3 Å². The lowest BCUT2D eigenvalue weighted by atomic mass is 10.2. The fourth-order valence-corrected chi connectivity index (χ4v) is 3.81. The molecule has 0 amide bonds. The van der Waals surface area contributed by atoms with Crippen LogP contribution in [0, 0.1) is 6.92 Å². The first-order chi connectivity index (χ1) is 10.2. The molecule has 0 unspecified atom stereocenters. The Bertz CT molecular complexity index is 656. The van der Waals surface area contributed by atoms with Gasteiger partial charge >= 0.3 is 0 Å². The summed E-state index contributed by atoms with van der Waals surface area (Å²) in [6.45, 7) is 2.14. The van der Waals surface area contributed by atoms with Crippen LogP contribution in [0.2, 0.25) is 0 Å². The minimum Gasteiger partial charge on any atom is -0.372 e. The lowest BCUT2D eigenvalue weighted by molar-refractivity contribution is 0.921. The normalized spacial score (nSPS) is 14.2. The highest BCUT2D eigenvalue weighted by Gasteiger charge is 2.29. The van der Waals surface area contributed by atoms with Crippen molar-refractivity contribution >= 4 is 33.5 Å². The van der Waals surface area contributed by atoms with E-state index in [2.05, 4.69) is 57.4 Å². The van der Waals surface area contributed by atoms with Crippen molar-refractivity contribution in [3.05, 3.63) is 45.8 Å². The Morgan fingerprint density at radius 2 is 2.05 bits per heavy atom. The molecule has 5 heteroatoms. The van der Waals surface area contributed by atoms with Gasteiger partial charge in [-0.2, -0.15) is 0 Å². The predicted molar refractivity (Wildman–Crippen MR) is 92.0 cm³/mol. The molecule has 1 saturated carbocycles. The van der Waals surface area contributed by atoms with E-state index in [4.69, 9.17) is 4.98 Å². The molecule has 0 saturated heterocycles. The zero-order chi connectivity index (χ0) is 14.8. The monoisotopic (exact) mass is 363 g/mol. The summed E-state index contributed by atoms with van der Waals surface area (Å²) >= 11 is 5.43. The van der Waals surface area contributed by atoms with Crippen LogP contribution in [0.3, 0.4) is 0 Å². The molecule has 1 aliphatic carbocycles. The van der Waals surface area contributed by atoms with Crippen molar-refractivity contribution in [1.82, 2.24) is 9.97 Å². The molecular formula is C16H18BrN3S. The molecule has 0 radical (unpaired) electrons. The van der Waals surface area contributed by atoms with E-state index in [1.807, 2.05) is 7.05 Å². The second-order valence-corrected chi connectivity index (χ2v) is 7.08. The summed E-state index contributed by atoms with van der Waals surface area (Å²) in [7, 11) is 1.90. The van der Waals surface area contributed by atoms with Crippen LogP contribution in [-0.4, -0.2) is 17.0 Å². The number of aryl methyl sites for hydroxylation is 1. The average molecular weight is 364 g/mol. The first kappa shape index (κ1) is 14.9. The SMILES string of the molecule is CNc1nc(CSc2ccccc2C)nc(C2CC2)c1Br. The van der Waals surface area contributed by atoms with Crippen LogP contribution in [0.1, 0.15) is 35.8 Å². The van der Waals surface area contributed by atoms with Crippen molar-refractivity contribution < 1.29 is 0 Å². The van der Waals surface area contributed by atoms with Crippen LogP contribution in [0.15, 0.2) is 33.6 Å². The van der Waals surface area contributed by atoms with Crippen molar-refractivity contribution in [3.8, 4) is 0 Å². The van der Waals surface area contributed by atoms with Gasteiger partial charge in [-0.3, -0.25) is 0 Å². The molecule has 1 heterocycles. The summed E-state index contributed by atoms with van der Waals surface area (Å²) in [5.74, 6) is 3.20. The van der Waals surface area contributed by atoms with E-state index < -0.39 is 0 Å². The molecular weight excluding hydrogens is 346 g/mol. The van der Waals surface area contributed by atoms with Crippen molar-refractivity contribution in [2.75, 3.05) is 12.4 Å². The average Bonchev–Trinajstić information content (AvgIpc) is 3.32. The Labute approximate surface area is 138 Å². The maximum atomic E-state index is 4.77. The number of benzene rings is 1. The van der Waals surface area contributed by atoms with E-state index in [-0.39, 0.29) is 0 Å². The Balaban J connectivity index is 1.82. The van der Waals surface area contributed by atoms with Crippen molar-refractivity contribution in [2.24, 2.45) is 0 Å². The number of aromatic nitrogens is 2. The van der Waals surface area contributed by atoms with Gasteiger partial charge in [-0.05, 0) is 47.3 Å². The number of thioether (sulfide) groups is 1. The first-order valence-corrected chi connectivity index (χ1v) is 8.89. The second kappa shape index (κ2) is 6.36. The molecule has 0 spiro atoms. The van der Waals surface area contributed by atoms with Crippen LogP contribution < -0.4 is 5.32 Å². The van der Waals surface area contributed by atoms with E-state index >= 15 is 0 Å². The van der Waals surface area contributed by atoms with Gasteiger partial charge in [0.05, 0.1) is 15.9 Å². The van der Waals surface area contributed by atoms with Gasteiger partial charge in [-0.25, -0.2) is 9.97 Å². The van der Waals surface area contributed by atoms with Crippen molar-refractivity contribution in [3.63, 3.8) is 0 Å². The number of hydrogen-bond donors (Lipinski definition) is 1. The van der Waals surface area contributed by atoms with Crippen LogP contribution in [0.5, 0.6) is 0 Å². The maximum absolute atomic E-state index is 4.77. The van der Waals surface area contributed by atoms with Crippen molar-refractivity contribution in [2.45, 2.75) is 36.3 Å². The second-order valence-electron chi connectivity index (χ2n) is 5.27. The molecule has 1 fully saturated rings. The summed E-state index contributed by atoms with van der Waals surface area (Å²) in [5.41, 5.74) is 2.46. The third-order valence-corrected chi connectivity index (χ3v) is 5.53. The molecule has 0 bridgehead atoms. The summed E-state index contributed by atoms with van der Waals surface area (Å²) in [5, 5.41) is 3.16. The number of anilines is 1. The molecule has 0 aliphatic heterocycles. The number of nitrogens with zero attached hydrogens (tertiary/aromatic N) is 2. The van der Waals surface area contributed by atoms with Gasteiger partial charge in [-0.1, -0.05) is 18.2 Å². The fourth-order valence-electron chi connectivity index (χ4n) is 2.23. The predicted octanol–water partition coefficient (Wildman–Crippen LogP) is 4.76. The Morgan fingerprint density at radius 3 is 2.71 bits per heavy atom. The van der Waals surface area contributed by atoms with Crippen LogP contribution in [0.4, 0.5) is 5.82 Å². The standard InChI is InChI=1S/C16H18BrN3S/c1-10-5-3-4-6-12(10)21-9-13-19-15(11-7-8-11)14(17)16(18-2)20-13/h3-6,11H,7-9H2,1-2H3,(H,18,19,20). The molecule has 3 rings (SSSR count). The Hall–Kier alpha value is -1.07. The molecule has 3 nitrogen and oxygen atoms in total. The highest BCUT2D eigenvalue weighted by Crippen LogP contribution is 2.44. The summed E-state index contributed by atoms with van der Waals surface area (Å²) in [4.78, 5) is 10.7. The fraction of sp³-hybridized carbons (Fsp3) is 0.375. The van der Waals surface area contributed by atoms with Crippen LogP contribution in [-0.2, 0) is 5.75 Å². The minimum atomic E-state index is 0.608. The number of hydrogen-bond acceptors (Lipinski definition) is 4. The van der Waals surface area contributed by atoms with E-state index in [0.29, 0.717) is 5.92 Å². The lowest BCUT2D eigenvalue weighted by Gasteiger charge is -2.11. The van der Waals surface area contributed by atoms with Gasteiger partial charge in [-0.15, -0.1) is 11.8 Å². The lowest BCUT2D eigenvalue weighted by Crippen LogP contribution is -2.04. The van der Waals surface area contributed by atoms with Gasteiger partial charge in [0.2, 0.25) is 0 Å². The molecule has 1 aromatic carbocycles. The maximum Gasteiger partial charge on any atom is 0.144 e. The molecule has 2 aromatic rings. The van der Waals surface area contributed by atoms with Gasteiger partial charge in [0.15, 0.2) is 0 Å². The summed E-state index contributed by atoms with van der Waals surface area (Å²) < 4.78 is 1.03. The Morgan fingerprint density at radius 1 is 1.29 bits per heavy atom. The van der Waals surface area contributed by atoms with E-state index in [0.717, 1.165) is 27.6 Å². The summed E-state index contributed by atoms with van der Waals surface area (Å²) in [6, 6.07) is 8.44. The third-order valence-electron chi connectivity index (χ3n) is 3.57. The van der Waals surface area contributed by atoms with Crippen LogP contribution in [0.25, 0.3) is 0 Å². The highest BCUT2D eigenvalue weighted by atomic mass is 79.9. The molecule has 110 valence electrons. The number of halogens is 1. The topological polar surface area (TPSA) is 37.8 Å². The first-order valence-electron chi connectivity index (χ1n) is 7.11. The Kier molecular flexibility index (Phi) is 4.50. The van der Waals surface area contributed by atoms with E-state index in [1.54, 1.807) is 11.8 Å². The van der Waals surface area contributed by atoms with Gasteiger partial charge in [0, 0.05) is 17.9 Å². The quantitative estimate of drug-likeness (QED) is 0.777. The smallest absolute Gasteiger partial charge is 0.144 e. The third kappa shape index (κ3) is 3.40. The zero-order valence-corrected chi connectivity index (χ0v) is 14.6. The zero-order valence-electron chi connectivity index (χ0n) is 12.2. The molecule has 1 aliphatic rings. The molecule has 1 N–H and O–H groups in total. The van der Waals surface area contributed by atoms with Crippen LogP contribution >= 0.6 is 27.7 Å². The van der Waals surface area contributed by atoms with Gasteiger partial charge < -0.3 is 5.32 Å². The van der Waals surface area contributed by atoms with E-state index in [9.17, 15) is 0 Å². The number of nitrogens with one attached hydrogen (secondary N) is 1. The highest BCUT2D eigenvalue weighted by molar-refractivity contribution is 9.10. The van der Waals surface area contributed by atoms with Crippen molar-refractivity contribution in [1.29, 1.82) is 0 Å². The molecule has 1 aromatic heterocycles. The molecule has 21 heavy (non-hydrogen) atoms. The largest absolute Gasteiger partial charge is 0.372 e. The van der Waals surface area contributed by atoms with Gasteiger partial charge in [0.25, 0.3) is 0 Å². The minimum absolute atomic E-state index is 0.608. The summed E-state index contributed by atoms with van der Waals surface area (Å²) in [6.07, 6.45) is 2.48. The number of rotatable bonds is 5. The molecule has 0 atom stereocenters. The van der Waals surface area contributed by atoms with Gasteiger partial charge in [0.1, 0.15) is 11.6 Å².